The van der Waals surface area contributed by atoms with E-state index in [1.165, 1.54) is 12.1 Å². The van der Waals surface area contributed by atoms with Gasteiger partial charge in [0.05, 0.1) is 11.3 Å². The van der Waals surface area contributed by atoms with E-state index in [2.05, 4.69) is 21.2 Å². The summed E-state index contributed by atoms with van der Waals surface area (Å²) in [6, 6.07) is 6.47. The minimum atomic E-state index is -4.29. The quantitative estimate of drug-likeness (QED) is 0.901. The van der Waals surface area contributed by atoms with Gasteiger partial charge in [-0.2, -0.15) is 18.4 Å². The first-order valence-electron chi connectivity index (χ1n) is 4.92. The van der Waals surface area contributed by atoms with Crippen molar-refractivity contribution in [1.29, 1.82) is 5.26 Å². The highest BCUT2D eigenvalue weighted by Crippen LogP contribution is 2.51. The summed E-state index contributed by atoms with van der Waals surface area (Å²) in [7, 11) is 0. The van der Waals surface area contributed by atoms with Crippen LogP contribution in [0, 0.1) is 11.3 Å². The molecular weight excluding hydrogens is 297 g/mol. The Morgan fingerprint density at radius 1 is 1.35 bits per heavy atom. The van der Waals surface area contributed by atoms with E-state index in [4.69, 9.17) is 5.26 Å². The first-order chi connectivity index (χ1) is 7.88. The van der Waals surface area contributed by atoms with E-state index in [0.717, 1.165) is 0 Å². The molecule has 0 aliphatic heterocycles. The fourth-order valence-electron chi connectivity index (χ4n) is 1.58. The number of nitrogens with zero attached hydrogens (tertiary/aromatic N) is 1. The number of hydrogen-bond donors (Lipinski definition) is 1. The van der Waals surface area contributed by atoms with Crippen LogP contribution >= 0.6 is 15.9 Å². The number of benzene rings is 1. The predicted molar refractivity (Wildman–Crippen MR) is 60.5 cm³/mol. The number of nitrogens with one attached hydrogen (secondary N) is 1. The van der Waals surface area contributed by atoms with Gasteiger partial charge in [-0.25, -0.2) is 0 Å². The Balaban J connectivity index is 2.31. The molecule has 6 heteroatoms. The lowest BCUT2D eigenvalue weighted by Gasteiger charge is -2.22. The molecule has 1 saturated carbocycles. The van der Waals surface area contributed by atoms with E-state index in [-0.39, 0.29) is 24.1 Å². The van der Waals surface area contributed by atoms with E-state index in [1.54, 1.807) is 6.07 Å². The van der Waals surface area contributed by atoms with Gasteiger partial charge in [-0.05, 0) is 31.0 Å². The smallest absolute Gasteiger partial charge is 0.370 e. The van der Waals surface area contributed by atoms with Crippen molar-refractivity contribution >= 4 is 21.6 Å². The Kier molecular flexibility index (Phi) is 2.82. The highest BCUT2D eigenvalue weighted by Gasteiger charge is 2.63. The number of rotatable bonds is 2. The molecule has 17 heavy (non-hydrogen) atoms. The maximum Gasteiger partial charge on any atom is 0.411 e. The molecule has 0 amide bonds. The van der Waals surface area contributed by atoms with Crippen LogP contribution in [0.15, 0.2) is 22.7 Å². The molecule has 1 fully saturated rings. The molecule has 0 heterocycles. The van der Waals surface area contributed by atoms with E-state index in [1.807, 2.05) is 6.07 Å². The number of nitriles is 1. The molecule has 1 aromatic carbocycles. The van der Waals surface area contributed by atoms with Crippen LogP contribution in [0.4, 0.5) is 18.9 Å². The van der Waals surface area contributed by atoms with Crippen LogP contribution in [-0.4, -0.2) is 11.7 Å². The lowest BCUT2D eigenvalue weighted by molar-refractivity contribution is -0.151. The minimum absolute atomic E-state index is 0.0495. The van der Waals surface area contributed by atoms with Crippen molar-refractivity contribution in [1.82, 2.24) is 0 Å². The Morgan fingerprint density at radius 3 is 2.47 bits per heavy atom. The summed E-state index contributed by atoms with van der Waals surface area (Å²) in [4.78, 5) is 0. The van der Waals surface area contributed by atoms with Crippen LogP contribution in [0.1, 0.15) is 18.4 Å². The van der Waals surface area contributed by atoms with Crippen LogP contribution in [-0.2, 0) is 0 Å². The van der Waals surface area contributed by atoms with E-state index in [9.17, 15) is 13.2 Å². The summed E-state index contributed by atoms with van der Waals surface area (Å²) in [5, 5.41) is 11.3. The van der Waals surface area contributed by atoms with Gasteiger partial charge in [-0.15, -0.1) is 0 Å². The Hall–Kier alpha value is -1.22. The fourth-order valence-corrected chi connectivity index (χ4v) is 1.94. The van der Waals surface area contributed by atoms with Crippen LogP contribution in [0.5, 0.6) is 0 Å². The summed E-state index contributed by atoms with van der Waals surface area (Å²) in [6.07, 6.45) is -4.19. The summed E-state index contributed by atoms with van der Waals surface area (Å²) < 4.78 is 38.9. The molecule has 2 rings (SSSR count). The molecular formula is C11H8BrF3N2. The topological polar surface area (TPSA) is 35.8 Å². The van der Waals surface area contributed by atoms with Crippen molar-refractivity contribution < 1.29 is 13.2 Å². The number of halogens is 4. The zero-order valence-electron chi connectivity index (χ0n) is 8.61. The first-order valence-corrected chi connectivity index (χ1v) is 5.72. The molecule has 0 spiro atoms. The second kappa shape index (κ2) is 3.91. The monoisotopic (exact) mass is 304 g/mol. The number of hydrogen-bond acceptors (Lipinski definition) is 2. The fraction of sp³-hybridized carbons (Fsp3) is 0.364. The Morgan fingerprint density at radius 2 is 2.00 bits per heavy atom. The maximum absolute atomic E-state index is 12.8. The third-order valence-corrected chi connectivity index (χ3v) is 3.26. The van der Waals surface area contributed by atoms with Crippen LogP contribution in [0.3, 0.4) is 0 Å². The van der Waals surface area contributed by atoms with E-state index >= 15 is 0 Å². The molecule has 0 radical (unpaired) electrons. The molecule has 90 valence electrons. The van der Waals surface area contributed by atoms with Crippen LogP contribution in [0.2, 0.25) is 0 Å². The van der Waals surface area contributed by atoms with Gasteiger partial charge in [0, 0.05) is 4.47 Å². The van der Waals surface area contributed by atoms with Gasteiger partial charge in [0.25, 0.3) is 0 Å². The van der Waals surface area contributed by atoms with Crippen molar-refractivity contribution in [2.45, 2.75) is 24.6 Å². The third kappa shape index (κ3) is 2.25. The second-order valence-electron chi connectivity index (χ2n) is 4.01. The molecule has 1 aromatic rings. The van der Waals surface area contributed by atoms with Crippen molar-refractivity contribution in [3.05, 3.63) is 28.2 Å². The van der Waals surface area contributed by atoms with E-state index < -0.39 is 11.7 Å². The highest BCUT2D eigenvalue weighted by atomic mass is 79.9. The maximum atomic E-state index is 12.8. The van der Waals surface area contributed by atoms with Crippen LogP contribution < -0.4 is 5.32 Å². The summed E-state index contributed by atoms with van der Waals surface area (Å²) in [5.74, 6) is 0. The first kappa shape index (κ1) is 12.2. The summed E-state index contributed by atoms with van der Waals surface area (Å²) in [5.41, 5.74) is -1.42. The Labute approximate surface area is 105 Å². The van der Waals surface area contributed by atoms with Gasteiger partial charge in [0.2, 0.25) is 0 Å². The summed E-state index contributed by atoms with van der Waals surface area (Å²) >= 11 is 3.17. The average molecular weight is 305 g/mol. The van der Waals surface area contributed by atoms with Gasteiger partial charge in [0.1, 0.15) is 11.6 Å². The minimum Gasteiger partial charge on any atom is -0.370 e. The van der Waals surface area contributed by atoms with Gasteiger partial charge < -0.3 is 5.32 Å². The van der Waals surface area contributed by atoms with Crippen molar-refractivity contribution in [3.8, 4) is 6.07 Å². The zero-order chi connectivity index (χ0) is 12.7. The number of alkyl halides is 3. The molecule has 0 saturated heterocycles. The largest absolute Gasteiger partial charge is 0.411 e. The van der Waals surface area contributed by atoms with Crippen LogP contribution in [0.25, 0.3) is 0 Å². The normalized spacial score (nSPS) is 17.4. The molecule has 0 unspecified atom stereocenters. The standard InChI is InChI=1S/C11H8BrF3N2/c12-8-2-1-7(6-16)9(5-8)17-10(3-4-10)11(13,14)15/h1-2,5,17H,3-4H2. The van der Waals surface area contributed by atoms with Crippen molar-refractivity contribution in [3.63, 3.8) is 0 Å². The molecule has 0 bridgehead atoms. The third-order valence-electron chi connectivity index (χ3n) is 2.77. The zero-order valence-corrected chi connectivity index (χ0v) is 10.2. The number of anilines is 1. The van der Waals surface area contributed by atoms with E-state index in [0.29, 0.717) is 4.47 Å². The highest BCUT2D eigenvalue weighted by molar-refractivity contribution is 9.10. The lowest BCUT2D eigenvalue weighted by atomic mass is 10.1. The Bertz CT molecular complexity index is 486. The van der Waals surface area contributed by atoms with Gasteiger partial charge in [-0.3, -0.25) is 0 Å². The average Bonchev–Trinajstić information content (AvgIpc) is 2.98. The van der Waals surface area contributed by atoms with Gasteiger partial charge in [0.15, 0.2) is 0 Å². The second-order valence-corrected chi connectivity index (χ2v) is 4.92. The SMILES string of the molecule is N#Cc1ccc(Br)cc1NC1(C(F)(F)F)CC1. The van der Waals surface area contributed by atoms with Crippen molar-refractivity contribution in [2.24, 2.45) is 0 Å². The van der Waals surface area contributed by atoms with Gasteiger partial charge >= 0.3 is 6.18 Å². The predicted octanol–water partition coefficient (Wildman–Crippen LogP) is 3.83. The lowest BCUT2D eigenvalue weighted by Crippen LogP contribution is -2.38. The van der Waals surface area contributed by atoms with Crippen molar-refractivity contribution in [2.75, 3.05) is 5.32 Å². The summed E-state index contributed by atoms with van der Waals surface area (Å²) in [6.45, 7) is 0. The van der Waals surface area contributed by atoms with Gasteiger partial charge in [-0.1, -0.05) is 15.9 Å². The molecule has 2 nitrogen and oxygen atoms in total. The molecule has 1 aliphatic rings. The molecule has 1 N–H and O–H groups in total. The molecule has 0 aromatic heterocycles. The molecule has 1 aliphatic carbocycles. The molecule has 0 atom stereocenters.